The number of anilines is 1. The standard InChI is InChI=1S/C14H19Cl2NO/c1-2-3-4-5-6-7-14(18)17-13-9-8-11(15)10-12(13)16/h8-10H,2-7H2,1H3,(H,17,18). The van der Waals surface area contributed by atoms with Gasteiger partial charge in [0.2, 0.25) is 5.91 Å². The van der Waals surface area contributed by atoms with Crippen LogP contribution in [0.25, 0.3) is 0 Å². The summed E-state index contributed by atoms with van der Waals surface area (Å²) < 4.78 is 0. The third-order valence-electron chi connectivity index (χ3n) is 2.71. The Morgan fingerprint density at radius 1 is 1.17 bits per heavy atom. The summed E-state index contributed by atoms with van der Waals surface area (Å²) in [5.41, 5.74) is 0.625. The van der Waals surface area contributed by atoms with E-state index in [0.717, 1.165) is 12.8 Å². The van der Waals surface area contributed by atoms with Gasteiger partial charge in [-0.2, -0.15) is 0 Å². The number of amides is 1. The molecule has 0 atom stereocenters. The molecule has 0 bridgehead atoms. The summed E-state index contributed by atoms with van der Waals surface area (Å²) in [7, 11) is 0. The molecule has 1 aromatic rings. The lowest BCUT2D eigenvalue weighted by molar-refractivity contribution is -0.116. The van der Waals surface area contributed by atoms with Gasteiger partial charge in [-0.05, 0) is 24.6 Å². The highest BCUT2D eigenvalue weighted by Gasteiger charge is 2.05. The van der Waals surface area contributed by atoms with E-state index in [1.807, 2.05) is 0 Å². The predicted molar refractivity (Wildman–Crippen MR) is 78.5 cm³/mol. The van der Waals surface area contributed by atoms with Gasteiger partial charge in [0, 0.05) is 11.4 Å². The molecule has 0 aliphatic carbocycles. The molecule has 4 heteroatoms. The molecule has 0 unspecified atom stereocenters. The van der Waals surface area contributed by atoms with Gasteiger partial charge in [0.25, 0.3) is 0 Å². The van der Waals surface area contributed by atoms with Crippen molar-refractivity contribution in [3.05, 3.63) is 28.2 Å². The van der Waals surface area contributed by atoms with E-state index in [1.54, 1.807) is 18.2 Å². The number of halogens is 2. The Hall–Kier alpha value is -0.730. The molecule has 1 rings (SSSR count). The van der Waals surface area contributed by atoms with E-state index in [2.05, 4.69) is 12.2 Å². The second kappa shape index (κ2) is 8.39. The number of benzene rings is 1. The third kappa shape index (κ3) is 5.74. The molecule has 0 fully saturated rings. The average Bonchev–Trinajstić information content (AvgIpc) is 2.32. The summed E-state index contributed by atoms with van der Waals surface area (Å²) in [5.74, 6) is 0.00993. The number of carbonyl (C=O) groups excluding carboxylic acids is 1. The van der Waals surface area contributed by atoms with Gasteiger partial charge in [0.1, 0.15) is 0 Å². The van der Waals surface area contributed by atoms with Gasteiger partial charge in [-0.15, -0.1) is 0 Å². The van der Waals surface area contributed by atoms with Crippen LogP contribution in [0.4, 0.5) is 5.69 Å². The number of hydrogen-bond acceptors (Lipinski definition) is 1. The predicted octanol–water partition coefficient (Wildman–Crippen LogP) is 5.29. The molecule has 0 spiro atoms. The Bertz CT molecular complexity index is 393. The van der Waals surface area contributed by atoms with Crippen LogP contribution < -0.4 is 5.32 Å². The summed E-state index contributed by atoms with van der Waals surface area (Å²) in [5, 5.41) is 3.84. The minimum Gasteiger partial charge on any atom is -0.325 e. The minimum absolute atomic E-state index is 0.00993. The summed E-state index contributed by atoms with van der Waals surface area (Å²) in [6, 6.07) is 5.06. The molecular weight excluding hydrogens is 269 g/mol. The fourth-order valence-electron chi connectivity index (χ4n) is 1.69. The summed E-state index contributed by atoms with van der Waals surface area (Å²) in [6.45, 7) is 2.18. The van der Waals surface area contributed by atoms with Gasteiger partial charge in [0.05, 0.1) is 10.7 Å². The Balaban J connectivity index is 2.31. The van der Waals surface area contributed by atoms with Gasteiger partial charge < -0.3 is 5.32 Å². The van der Waals surface area contributed by atoms with Crippen LogP contribution in [0.1, 0.15) is 45.4 Å². The first-order valence-corrected chi connectivity index (χ1v) is 7.14. The molecule has 1 aromatic carbocycles. The maximum absolute atomic E-state index is 11.7. The van der Waals surface area contributed by atoms with Crippen molar-refractivity contribution in [2.45, 2.75) is 45.4 Å². The van der Waals surface area contributed by atoms with E-state index in [0.29, 0.717) is 22.2 Å². The number of rotatable bonds is 7. The van der Waals surface area contributed by atoms with E-state index in [4.69, 9.17) is 23.2 Å². The zero-order valence-corrected chi connectivity index (χ0v) is 12.2. The average molecular weight is 288 g/mol. The van der Waals surface area contributed by atoms with Gasteiger partial charge in [-0.3, -0.25) is 4.79 Å². The van der Waals surface area contributed by atoms with Crippen molar-refractivity contribution in [3.8, 4) is 0 Å². The van der Waals surface area contributed by atoms with Crippen LogP contribution in [0.2, 0.25) is 10.0 Å². The maximum Gasteiger partial charge on any atom is 0.224 e. The topological polar surface area (TPSA) is 29.1 Å². The zero-order valence-electron chi connectivity index (χ0n) is 10.6. The van der Waals surface area contributed by atoms with Crippen LogP contribution in [0.5, 0.6) is 0 Å². The number of unbranched alkanes of at least 4 members (excludes halogenated alkanes) is 4. The minimum atomic E-state index is 0.00993. The van der Waals surface area contributed by atoms with E-state index < -0.39 is 0 Å². The molecule has 100 valence electrons. The molecule has 2 nitrogen and oxygen atoms in total. The zero-order chi connectivity index (χ0) is 13.4. The monoisotopic (exact) mass is 287 g/mol. The summed E-state index contributed by atoms with van der Waals surface area (Å²) in [6.07, 6.45) is 6.23. The molecule has 1 N–H and O–H groups in total. The highest BCUT2D eigenvalue weighted by Crippen LogP contribution is 2.25. The molecule has 0 saturated heterocycles. The van der Waals surface area contributed by atoms with Crippen LogP contribution in [-0.2, 0) is 4.79 Å². The number of carbonyl (C=O) groups is 1. The van der Waals surface area contributed by atoms with Crippen molar-refractivity contribution in [1.29, 1.82) is 0 Å². The van der Waals surface area contributed by atoms with Crippen molar-refractivity contribution >= 4 is 34.8 Å². The van der Waals surface area contributed by atoms with Crippen LogP contribution >= 0.6 is 23.2 Å². The SMILES string of the molecule is CCCCCCCC(=O)Nc1ccc(Cl)cc1Cl. The number of hydrogen-bond donors (Lipinski definition) is 1. The Labute approximate surface area is 119 Å². The molecule has 0 radical (unpaired) electrons. The highest BCUT2D eigenvalue weighted by molar-refractivity contribution is 6.36. The Morgan fingerprint density at radius 2 is 1.89 bits per heavy atom. The van der Waals surface area contributed by atoms with E-state index >= 15 is 0 Å². The lowest BCUT2D eigenvalue weighted by Gasteiger charge is -2.07. The first-order chi connectivity index (χ1) is 8.63. The fourth-order valence-corrected chi connectivity index (χ4v) is 2.15. The maximum atomic E-state index is 11.7. The Kier molecular flexibility index (Phi) is 7.14. The van der Waals surface area contributed by atoms with E-state index in [9.17, 15) is 4.79 Å². The molecular formula is C14H19Cl2NO. The molecule has 1 amide bonds. The normalized spacial score (nSPS) is 10.4. The third-order valence-corrected chi connectivity index (χ3v) is 3.26. The lowest BCUT2D eigenvalue weighted by atomic mass is 10.1. The van der Waals surface area contributed by atoms with Gasteiger partial charge in [0.15, 0.2) is 0 Å². The van der Waals surface area contributed by atoms with Gasteiger partial charge in [-0.25, -0.2) is 0 Å². The quantitative estimate of drug-likeness (QED) is 0.678. The van der Waals surface area contributed by atoms with E-state index in [-0.39, 0.29) is 5.91 Å². The second-order valence-electron chi connectivity index (χ2n) is 4.34. The van der Waals surface area contributed by atoms with Crippen molar-refractivity contribution < 1.29 is 4.79 Å². The first-order valence-electron chi connectivity index (χ1n) is 6.38. The summed E-state index contributed by atoms with van der Waals surface area (Å²) >= 11 is 11.8. The smallest absolute Gasteiger partial charge is 0.224 e. The van der Waals surface area contributed by atoms with Crippen LogP contribution in [0.3, 0.4) is 0 Å². The van der Waals surface area contributed by atoms with Crippen molar-refractivity contribution in [2.75, 3.05) is 5.32 Å². The highest BCUT2D eigenvalue weighted by atomic mass is 35.5. The summed E-state index contributed by atoms with van der Waals surface area (Å²) in [4.78, 5) is 11.7. The van der Waals surface area contributed by atoms with E-state index in [1.165, 1.54) is 19.3 Å². The number of nitrogens with one attached hydrogen (secondary N) is 1. The molecule has 0 aliphatic heterocycles. The van der Waals surface area contributed by atoms with Crippen LogP contribution in [-0.4, -0.2) is 5.91 Å². The lowest BCUT2D eigenvalue weighted by Crippen LogP contribution is -2.11. The second-order valence-corrected chi connectivity index (χ2v) is 5.18. The van der Waals surface area contributed by atoms with Gasteiger partial charge >= 0.3 is 0 Å². The van der Waals surface area contributed by atoms with Crippen LogP contribution in [0.15, 0.2) is 18.2 Å². The molecule has 0 saturated carbocycles. The molecule has 18 heavy (non-hydrogen) atoms. The van der Waals surface area contributed by atoms with Crippen LogP contribution in [0, 0.1) is 0 Å². The largest absolute Gasteiger partial charge is 0.325 e. The van der Waals surface area contributed by atoms with Crippen molar-refractivity contribution in [1.82, 2.24) is 0 Å². The first kappa shape index (κ1) is 15.3. The molecule has 0 heterocycles. The molecule has 0 aliphatic rings. The van der Waals surface area contributed by atoms with Gasteiger partial charge in [-0.1, -0.05) is 55.8 Å². The Morgan fingerprint density at radius 3 is 2.56 bits per heavy atom. The fraction of sp³-hybridized carbons (Fsp3) is 0.500. The molecule has 0 aromatic heterocycles. The van der Waals surface area contributed by atoms with Crippen molar-refractivity contribution in [2.24, 2.45) is 0 Å². The van der Waals surface area contributed by atoms with Crippen molar-refractivity contribution in [3.63, 3.8) is 0 Å².